The van der Waals surface area contributed by atoms with Gasteiger partial charge in [0.25, 0.3) is 5.91 Å². The number of rotatable bonds is 9. The van der Waals surface area contributed by atoms with Crippen molar-refractivity contribution in [2.24, 2.45) is 0 Å². The van der Waals surface area contributed by atoms with Gasteiger partial charge in [0.2, 0.25) is 12.7 Å². The second-order valence-corrected chi connectivity index (χ2v) is 6.38. The number of carbonyl (C=O) groups excluding carboxylic acids is 2. The maximum absolute atomic E-state index is 12.1. The molecule has 0 radical (unpaired) electrons. The van der Waals surface area contributed by atoms with Crippen molar-refractivity contribution in [2.75, 3.05) is 26.5 Å². The Balaban J connectivity index is 1.30. The van der Waals surface area contributed by atoms with Crippen LogP contribution in [0, 0.1) is 0 Å². The summed E-state index contributed by atoms with van der Waals surface area (Å²) >= 11 is 0. The molecule has 148 valence electrons. The fraction of sp³-hybridized carbons (Fsp3) is 0.333. The smallest absolute Gasteiger partial charge is 0.251 e. The number of nitrogens with one attached hydrogen (secondary N) is 2. The molecule has 7 nitrogen and oxygen atoms in total. The third-order valence-electron chi connectivity index (χ3n) is 4.32. The average molecular weight is 384 g/mol. The molecule has 2 aromatic carbocycles. The van der Waals surface area contributed by atoms with Crippen LogP contribution in [0.25, 0.3) is 0 Å². The second-order valence-electron chi connectivity index (χ2n) is 6.38. The van der Waals surface area contributed by atoms with E-state index in [0.717, 1.165) is 5.56 Å². The van der Waals surface area contributed by atoms with E-state index in [9.17, 15) is 9.59 Å². The summed E-state index contributed by atoms with van der Waals surface area (Å²) in [7, 11) is 0. The molecule has 7 heteroatoms. The first-order valence-electron chi connectivity index (χ1n) is 9.24. The number of hydrogen-bond acceptors (Lipinski definition) is 5. The Morgan fingerprint density at radius 3 is 2.68 bits per heavy atom. The molecule has 28 heavy (non-hydrogen) atoms. The summed E-state index contributed by atoms with van der Waals surface area (Å²) in [5.74, 6) is 0.554. The summed E-state index contributed by atoms with van der Waals surface area (Å²) in [5.41, 5.74) is 1.54. The molecule has 0 spiro atoms. The largest absolute Gasteiger partial charge is 0.454 e. The lowest BCUT2D eigenvalue weighted by Gasteiger charge is -2.13. The molecule has 0 saturated heterocycles. The van der Waals surface area contributed by atoms with Crippen LogP contribution in [-0.4, -0.2) is 38.3 Å². The highest BCUT2D eigenvalue weighted by atomic mass is 16.7. The highest BCUT2D eigenvalue weighted by molar-refractivity contribution is 5.97. The van der Waals surface area contributed by atoms with Gasteiger partial charge in [0.15, 0.2) is 11.5 Å². The van der Waals surface area contributed by atoms with E-state index in [-0.39, 0.29) is 31.3 Å². The Kier molecular flexibility index (Phi) is 6.86. The van der Waals surface area contributed by atoms with Crippen molar-refractivity contribution in [3.63, 3.8) is 0 Å². The Hall–Kier alpha value is -3.06. The molecule has 0 aliphatic carbocycles. The van der Waals surface area contributed by atoms with Crippen molar-refractivity contribution in [1.82, 2.24) is 10.6 Å². The maximum Gasteiger partial charge on any atom is 0.251 e. The van der Waals surface area contributed by atoms with Gasteiger partial charge < -0.3 is 24.8 Å². The van der Waals surface area contributed by atoms with Crippen molar-refractivity contribution in [1.29, 1.82) is 0 Å². The van der Waals surface area contributed by atoms with Crippen LogP contribution in [0.2, 0.25) is 0 Å². The van der Waals surface area contributed by atoms with Gasteiger partial charge in [0.1, 0.15) is 0 Å². The predicted molar refractivity (Wildman–Crippen MR) is 103 cm³/mol. The van der Waals surface area contributed by atoms with Gasteiger partial charge >= 0.3 is 0 Å². The molecule has 1 heterocycles. The van der Waals surface area contributed by atoms with Crippen molar-refractivity contribution in [3.8, 4) is 11.5 Å². The molecule has 0 fully saturated rings. The lowest BCUT2D eigenvalue weighted by Crippen LogP contribution is -2.37. The Labute approximate surface area is 164 Å². The van der Waals surface area contributed by atoms with E-state index in [1.54, 1.807) is 18.2 Å². The number of amides is 2. The zero-order valence-corrected chi connectivity index (χ0v) is 15.8. The average Bonchev–Trinajstić information content (AvgIpc) is 3.20. The summed E-state index contributed by atoms with van der Waals surface area (Å²) in [6, 6.07) is 14.9. The number of carbonyl (C=O) groups is 2. The summed E-state index contributed by atoms with van der Waals surface area (Å²) in [5, 5.41) is 5.36. The predicted octanol–water partition coefficient (Wildman–Crippen LogP) is 2.43. The third kappa shape index (κ3) is 5.47. The Morgan fingerprint density at radius 2 is 1.86 bits per heavy atom. The molecule has 0 saturated carbocycles. The summed E-state index contributed by atoms with van der Waals surface area (Å²) < 4.78 is 16.2. The van der Waals surface area contributed by atoms with Crippen LogP contribution in [0.5, 0.6) is 11.5 Å². The molecule has 1 aliphatic rings. The fourth-order valence-electron chi connectivity index (χ4n) is 2.74. The molecule has 2 aromatic rings. The molecule has 2 amide bonds. The van der Waals surface area contributed by atoms with Gasteiger partial charge in [-0.15, -0.1) is 0 Å². The molecule has 1 aliphatic heterocycles. The topological polar surface area (TPSA) is 85.9 Å². The van der Waals surface area contributed by atoms with E-state index < -0.39 is 0 Å². The first-order chi connectivity index (χ1) is 13.6. The Bertz CT molecular complexity index is 810. The van der Waals surface area contributed by atoms with E-state index in [0.29, 0.717) is 36.6 Å². The van der Waals surface area contributed by atoms with Gasteiger partial charge in [0.05, 0.1) is 12.6 Å². The van der Waals surface area contributed by atoms with Crippen LogP contribution in [0.4, 0.5) is 0 Å². The van der Waals surface area contributed by atoms with E-state index in [1.807, 2.05) is 37.3 Å². The van der Waals surface area contributed by atoms with Crippen LogP contribution in [0.3, 0.4) is 0 Å². The minimum atomic E-state index is -0.339. The molecular formula is C21H24N2O5. The van der Waals surface area contributed by atoms with Gasteiger partial charge in [-0.05, 0) is 37.1 Å². The molecule has 1 atom stereocenters. The quantitative estimate of drug-likeness (QED) is 0.649. The number of benzene rings is 2. The lowest BCUT2D eigenvalue weighted by molar-refractivity contribution is -0.120. The van der Waals surface area contributed by atoms with Crippen molar-refractivity contribution < 1.29 is 23.8 Å². The van der Waals surface area contributed by atoms with E-state index in [2.05, 4.69) is 10.6 Å². The van der Waals surface area contributed by atoms with Crippen LogP contribution in [0.1, 0.15) is 35.4 Å². The Morgan fingerprint density at radius 1 is 1.07 bits per heavy atom. The van der Waals surface area contributed by atoms with Gasteiger partial charge in [0, 0.05) is 18.7 Å². The van der Waals surface area contributed by atoms with Crippen molar-refractivity contribution in [2.45, 2.75) is 19.4 Å². The van der Waals surface area contributed by atoms with Gasteiger partial charge in [-0.25, -0.2) is 0 Å². The zero-order chi connectivity index (χ0) is 19.8. The standard InChI is InChI=1S/C21H24N2O5/c1-15(16-6-3-2-4-7-16)26-11-5-10-22-20(24)13-23-21(25)17-8-9-18-19(12-17)28-14-27-18/h2-4,6-9,12,15H,5,10-11,13-14H2,1H3,(H,22,24)(H,23,25). The van der Waals surface area contributed by atoms with Gasteiger partial charge in [-0.2, -0.15) is 0 Å². The minimum Gasteiger partial charge on any atom is -0.454 e. The summed E-state index contributed by atoms with van der Waals surface area (Å²) in [6.07, 6.45) is 0.705. The van der Waals surface area contributed by atoms with Gasteiger partial charge in [-0.3, -0.25) is 9.59 Å². The number of ether oxygens (including phenoxy) is 3. The molecule has 3 rings (SSSR count). The molecule has 0 bridgehead atoms. The molecule has 0 aromatic heterocycles. The SMILES string of the molecule is CC(OCCCNC(=O)CNC(=O)c1ccc2c(c1)OCO2)c1ccccc1. The lowest BCUT2D eigenvalue weighted by atomic mass is 10.1. The van der Waals surface area contributed by atoms with Crippen LogP contribution in [-0.2, 0) is 9.53 Å². The highest BCUT2D eigenvalue weighted by Crippen LogP contribution is 2.32. The molecule has 1 unspecified atom stereocenters. The highest BCUT2D eigenvalue weighted by Gasteiger charge is 2.16. The van der Waals surface area contributed by atoms with E-state index in [4.69, 9.17) is 14.2 Å². The first-order valence-corrected chi connectivity index (χ1v) is 9.24. The monoisotopic (exact) mass is 384 g/mol. The van der Waals surface area contributed by atoms with Crippen LogP contribution < -0.4 is 20.1 Å². The molecular weight excluding hydrogens is 360 g/mol. The van der Waals surface area contributed by atoms with Crippen LogP contribution in [0.15, 0.2) is 48.5 Å². The van der Waals surface area contributed by atoms with Gasteiger partial charge in [-0.1, -0.05) is 30.3 Å². The fourth-order valence-corrected chi connectivity index (χ4v) is 2.74. The minimum absolute atomic E-state index is 0.0119. The van der Waals surface area contributed by atoms with E-state index >= 15 is 0 Å². The first kappa shape index (κ1) is 19.7. The third-order valence-corrected chi connectivity index (χ3v) is 4.32. The number of fused-ring (bicyclic) bond motifs is 1. The normalized spacial score (nSPS) is 13.0. The van der Waals surface area contributed by atoms with Crippen molar-refractivity contribution >= 4 is 11.8 Å². The van der Waals surface area contributed by atoms with E-state index in [1.165, 1.54) is 0 Å². The molecule has 2 N–H and O–H groups in total. The summed E-state index contributed by atoms with van der Waals surface area (Å²) in [4.78, 5) is 24.0. The zero-order valence-electron chi connectivity index (χ0n) is 15.8. The maximum atomic E-state index is 12.1. The number of hydrogen-bond donors (Lipinski definition) is 2. The second kappa shape index (κ2) is 9.75. The van der Waals surface area contributed by atoms with Crippen molar-refractivity contribution in [3.05, 3.63) is 59.7 Å². The summed E-state index contributed by atoms with van der Waals surface area (Å²) in [6.45, 7) is 3.09. The van der Waals surface area contributed by atoms with Crippen LogP contribution >= 0.6 is 0 Å².